The topological polar surface area (TPSA) is 63.3 Å². The van der Waals surface area contributed by atoms with Crippen LogP contribution in [0, 0.1) is 5.41 Å². The minimum Gasteiger partial charge on any atom is -0.387 e. The van der Waals surface area contributed by atoms with Gasteiger partial charge in [0.05, 0.1) is 11.9 Å². The van der Waals surface area contributed by atoms with Gasteiger partial charge in [0.1, 0.15) is 11.5 Å². The number of rotatable bonds is 2. The number of nitrogens with two attached hydrogens (primary N) is 1. The molecule has 106 valence electrons. The second-order valence-electron chi connectivity index (χ2n) is 6.83. The summed E-state index contributed by atoms with van der Waals surface area (Å²) in [5, 5.41) is 3.16. The van der Waals surface area contributed by atoms with Crippen LogP contribution in [0.3, 0.4) is 0 Å². The smallest absolute Gasteiger partial charge is 0.106 e. The van der Waals surface area contributed by atoms with Crippen LogP contribution in [0.15, 0.2) is 17.3 Å². The molecule has 0 amide bonds. The molecule has 0 bridgehead atoms. The van der Waals surface area contributed by atoms with Crippen molar-refractivity contribution in [1.82, 2.24) is 4.98 Å². The third kappa shape index (κ3) is 3.94. The molecule has 1 aromatic heterocycles. The minimum atomic E-state index is -0.145. The quantitative estimate of drug-likeness (QED) is 0.634. The molecule has 0 fully saturated rings. The Morgan fingerprint density at radius 1 is 1.21 bits per heavy atom. The van der Waals surface area contributed by atoms with E-state index in [2.05, 4.69) is 36.1 Å². The van der Waals surface area contributed by atoms with Gasteiger partial charge in [0.25, 0.3) is 0 Å². The molecule has 0 aliphatic heterocycles. The van der Waals surface area contributed by atoms with E-state index >= 15 is 0 Å². The van der Waals surface area contributed by atoms with Crippen molar-refractivity contribution < 1.29 is 0 Å². The normalized spacial score (nSPS) is 13.5. The Balaban J connectivity index is 3.25. The Labute approximate surface area is 116 Å². The summed E-state index contributed by atoms with van der Waals surface area (Å²) in [4.78, 5) is 8.98. The summed E-state index contributed by atoms with van der Waals surface area (Å²) in [6.45, 7) is 12.6. The lowest BCUT2D eigenvalue weighted by atomic mass is 9.91. The van der Waals surface area contributed by atoms with E-state index in [1.807, 2.05) is 33.9 Å². The highest BCUT2D eigenvalue weighted by molar-refractivity contribution is 5.89. The van der Waals surface area contributed by atoms with Crippen molar-refractivity contribution in [3.63, 3.8) is 0 Å². The van der Waals surface area contributed by atoms with Crippen LogP contribution in [0.25, 0.3) is 0 Å². The number of amidine groups is 1. The zero-order valence-electron chi connectivity index (χ0n) is 13.1. The minimum absolute atomic E-state index is 0.0173. The molecule has 0 radical (unpaired) electrons. The molecule has 0 spiro atoms. The number of pyridine rings is 1. The molecule has 0 aliphatic carbocycles. The molecule has 0 unspecified atom stereocenters. The van der Waals surface area contributed by atoms with Crippen LogP contribution in [0.1, 0.15) is 47.2 Å². The van der Waals surface area contributed by atoms with Crippen LogP contribution in [0.5, 0.6) is 0 Å². The van der Waals surface area contributed by atoms with E-state index in [1.54, 1.807) is 6.20 Å². The van der Waals surface area contributed by atoms with Crippen LogP contribution in [-0.2, 0) is 5.41 Å². The van der Waals surface area contributed by atoms with Gasteiger partial charge in [0.2, 0.25) is 0 Å². The molecule has 1 rings (SSSR count). The maximum atomic E-state index is 6.02. The maximum absolute atomic E-state index is 6.02. The first-order valence-corrected chi connectivity index (χ1v) is 6.58. The van der Waals surface area contributed by atoms with Gasteiger partial charge in [-0.2, -0.15) is 0 Å². The molecule has 0 aromatic carbocycles. The first-order valence-electron chi connectivity index (χ1n) is 6.58. The lowest BCUT2D eigenvalue weighted by molar-refractivity contribution is 0.569. The molecule has 4 heteroatoms. The van der Waals surface area contributed by atoms with E-state index in [0.717, 1.165) is 17.1 Å². The Kier molecular flexibility index (Phi) is 4.23. The monoisotopic (exact) mass is 262 g/mol. The number of hydrogen-bond donors (Lipinski definition) is 2. The van der Waals surface area contributed by atoms with Gasteiger partial charge in [-0.3, -0.25) is 4.98 Å². The van der Waals surface area contributed by atoms with Gasteiger partial charge in [-0.1, -0.05) is 41.5 Å². The van der Waals surface area contributed by atoms with Gasteiger partial charge < -0.3 is 11.1 Å². The summed E-state index contributed by atoms with van der Waals surface area (Å²) < 4.78 is 0. The van der Waals surface area contributed by atoms with E-state index < -0.39 is 0 Å². The summed E-state index contributed by atoms with van der Waals surface area (Å²) in [5.74, 6) is 0.606. The van der Waals surface area contributed by atoms with E-state index in [4.69, 9.17) is 5.73 Å². The zero-order valence-corrected chi connectivity index (χ0v) is 13.1. The third-order valence-corrected chi connectivity index (χ3v) is 2.93. The summed E-state index contributed by atoms with van der Waals surface area (Å²) in [6.07, 6.45) is 1.78. The summed E-state index contributed by atoms with van der Waals surface area (Å²) >= 11 is 0. The zero-order chi connectivity index (χ0) is 14.8. The fourth-order valence-electron chi connectivity index (χ4n) is 1.45. The number of nitrogens with zero attached hydrogens (tertiary/aromatic N) is 2. The highest BCUT2D eigenvalue weighted by atomic mass is 14.9. The summed E-state index contributed by atoms with van der Waals surface area (Å²) in [5.41, 5.74) is 8.66. The average Bonchev–Trinajstić information content (AvgIpc) is 2.26. The van der Waals surface area contributed by atoms with Crippen LogP contribution in [0.4, 0.5) is 11.4 Å². The number of hydrogen-bond acceptors (Lipinski definition) is 3. The SMILES string of the molecule is CNc1cc(C(C)(C)C)ncc1N=C(N)C(C)(C)C. The molecular formula is C15H26N4. The van der Waals surface area contributed by atoms with Crippen LogP contribution in [-0.4, -0.2) is 17.9 Å². The fourth-order valence-corrected chi connectivity index (χ4v) is 1.45. The third-order valence-electron chi connectivity index (χ3n) is 2.93. The number of aliphatic imine (C=N–C) groups is 1. The van der Waals surface area contributed by atoms with E-state index in [1.165, 1.54) is 0 Å². The van der Waals surface area contributed by atoms with Crippen molar-refractivity contribution in [3.05, 3.63) is 18.0 Å². The molecule has 1 aromatic rings. The standard InChI is InChI=1S/C15H26N4/c1-14(2,3)12-8-10(17-7)11(9-18-12)19-13(16)15(4,5)6/h8-9H,1-7H3,(H2,16,19)(H,17,18). The van der Waals surface area contributed by atoms with Crippen LogP contribution < -0.4 is 11.1 Å². The van der Waals surface area contributed by atoms with Gasteiger partial charge in [-0.15, -0.1) is 0 Å². The predicted molar refractivity (Wildman–Crippen MR) is 83.2 cm³/mol. The molecule has 0 saturated heterocycles. The van der Waals surface area contributed by atoms with Crippen molar-refractivity contribution in [1.29, 1.82) is 0 Å². The molecular weight excluding hydrogens is 236 g/mol. The Bertz CT molecular complexity index is 476. The fraction of sp³-hybridized carbons (Fsp3) is 0.600. The summed E-state index contributed by atoms with van der Waals surface area (Å²) in [6, 6.07) is 2.04. The first-order chi connectivity index (χ1) is 8.55. The number of nitrogens with one attached hydrogen (secondary N) is 1. The lowest BCUT2D eigenvalue weighted by Gasteiger charge is -2.20. The molecule has 4 nitrogen and oxygen atoms in total. The Morgan fingerprint density at radius 3 is 2.21 bits per heavy atom. The van der Waals surface area contributed by atoms with Gasteiger partial charge in [-0.05, 0) is 6.07 Å². The van der Waals surface area contributed by atoms with Gasteiger partial charge in [0, 0.05) is 23.6 Å². The maximum Gasteiger partial charge on any atom is 0.106 e. The number of aromatic nitrogens is 1. The Morgan fingerprint density at radius 2 is 1.79 bits per heavy atom. The van der Waals surface area contributed by atoms with E-state index in [9.17, 15) is 0 Å². The molecule has 19 heavy (non-hydrogen) atoms. The molecule has 0 saturated carbocycles. The van der Waals surface area contributed by atoms with Gasteiger partial charge in [-0.25, -0.2) is 4.99 Å². The average molecular weight is 262 g/mol. The second-order valence-corrected chi connectivity index (χ2v) is 6.83. The van der Waals surface area contributed by atoms with Gasteiger partial charge >= 0.3 is 0 Å². The van der Waals surface area contributed by atoms with Crippen molar-refractivity contribution >= 4 is 17.2 Å². The van der Waals surface area contributed by atoms with Crippen molar-refractivity contribution in [2.45, 2.75) is 47.0 Å². The largest absolute Gasteiger partial charge is 0.387 e. The van der Waals surface area contributed by atoms with E-state index in [-0.39, 0.29) is 10.8 Å². The van der Waals surface area contributed by atoms with Crippen LogP contribution in [0.2, 0.25) is 0 Å². The predicted octanol–water partition coefficient (Wildman–Crippen LogP) is 3.46. The van der Waals surface area contributed by atoms with Crippen LogP contribution >= 0.6 is 0 Å². The second kappa shape index (κ2) is 5.19. The van der Waals surface area contributed by atoms with Gasteiger partial charge in [0.15, 0.2) is 0 Å². The highest BCUT2D eigenvalue weighted by Gasteiger charge is 2.19. The lowest BCUT2D eigenvalue weighted by Crippen LogP contribution is -2.28. The Hall–Kier alpha value is -1.58. The molecule has 3 N–H and O–H groups in total. The molecule has 0 atom stereocenters. The van der Waals surface area contributed by atoms with Crippen molar-refractivity contribution in [2.24, 2.45) is 16.1 Å². The highest BCUT2D eigenvalue weighted by Crippen LogP contribution is 2.30. The summed E-state index contributed by atoms with van der Waals surface area (Å²) in [7, 11) is 1.88. The van der Waals surface area contributed by atoms with E-state index in [0.29, 0.717) is 5.84 Å². The van der Waals surface area contributed by atoms with Crippen molar-refractivity contribution in [3.8, 4) is 0 Å². The molecule has 1 heterocycles. The first kappa shape index (κ1) is 15.5. The van der Waals surface area contributed by atoms with Crippen molar-refractivity contribution in [2.75, 3.05) is 12.4 Å². The molecule has 0 aliphatic rings. The number of anilines is 1.